The van der Waals surface area contributed by atoms with Gasteiger partial charge in [-0.25, -0.2) is 9.37 Å². The third-order valence-corrected chi connectivity index (χ3v) is 13.3. The summed E-state index contributed by atoms with van der Waals surface area (Å²) < 4.78 is 21.0. The number of hydrogen-bond donors (Lipinski definition) is 5. The van der Waals surface area contributed by atoms with E-state index in [2.05, 4.69) is 26.3 Å². The summed E-state index contributed by atoms with van der Waals surface area (Å²) in [4.78, 5) is 73.7. The van der Waals surface area contributed by atoms with Crippen LogP contribution < -0.4 is 26.0 Å². The van der Waals surface area contributed by atoms with Crippen LogP contribution in [0.15, 0.2) is 84.4 Å². The minimum atomic E-state index is -1.98. The van der Waals surface area contributed by atoms with Crippen molar-refractivity contribution >= 4 is 57.3 Å². The lowest BCUT2D eigenvalue weighted by Crippen LogP contribution is -2.59. The first-order chi connectivity index (χ1) is 31.4. The molecule has 0 unspecified atom stereocenters. The number of alkyl halides is 1. The van der Waals surface area contributed by atoms with E-state index in [1.54, 1.807) is 38.4 Å². The first-order valence-electron chi connectivity index (χ1n) is 22.5. The summed E-state index contributed by atoms with van der Waals surface area (Å²) in [6.07, 6.45) is 0.512. The van der Waals surface area contributed by atoms with E-state index in [-0.39, 0.29) is 63.2 Å². The van der Waals surface area contributed by atoms with Crippen molar-refractivity contribution < 1.29 is 38.2 Å². The summed E-state index contributed by atoms with van der Waals surface area (Å²) in [7, 11) is 0. The van der Waals surface area contributed by atoms with Gasteiger partial charge in [-0.3, -0.25) is 24.0 Å². The number of ether oxygens (including phenoxy) is 1. The molecule has 0 bridgehead atoms. The Bertz CT molecular complexity index is 2620. The molecular weight excluding hydrogens is 860 g/mol. The zero-order chi connectivity index (χ0) is 47.3. The van der Waals surface area contributed by atoms with E-state index in [1.165, 1.54) is 16.2 Å². The molecule has 1 aliphatic carbocycles. The second-order valence-electron chi connectivity index (χ2n) is 18.6. The number of aliphatic hydroxyl groups is 1. The molecule has 4 atom stereocenters. The summed E-state index contributed by atoms with van der Waals surface area (Å²) in [5.41, 5.74) is 4.21. The standard InChI is InChI=1S/C51H59FN6O7S/c1-30-17-20-36(25-40(30)46(61)55-31(2)38-15-11-13-33-12-7-8-14-39(33)38)56-43(60)16-9-10-23-65-42-24-34(44-32(3)54-29-66-44)18-19-35(42)27-53-47(62)41-26-37(59)28-58(41)48(63)45(50(4,5)6)57-49(64)51(52)21-22-51/h7-8,11-15,17-20,24-25,29,31,37,41,45,59H,9-10,16,21-23,26-28H2,1-6H3,(H,53,62)(H,55,61)(H,56,60)(H,57,64)/t31-,37-,41+,45-/m1/s1. The molecule has 13 nitrogen and oxygen atoms in total. The molecule has 348 valence electrons. The lowest BCUT2D eigenvalue weighted by Gasteiger charge is -2.35. The summed E-state index contributed by atoms with van der Waals surface area (Å²) >= 11 is 1.50. The number of rotatable bonds is 17. The Morgan fingerprint density at radius 1 is 0.970 bits per heavy atom. The average molecular weight is 919 g/mol. The van der Waals surface area contributed by atoms with Gasteiger partial charge < -0.3 is 36.0 Å². The van der Waals surface area contributed by atoms with Crippen LogP contribution in [0, 0.1) is 19.3 Å². The van der Waals surface area contributed by atoms with E-state index < -0.39 is 47.0 Å². The van der Waals surface area contributed by atoms with Crippen LogP contribution >= 0.6 is 11.3 Å². The molecule has 1 aliphatic heterocycles. The summed E-state index contributed by atoms with van der Waals surface area (Å²) in [5, 5.41) is 24.4. The largest absolute Gasteiger partial charge is 0.493 e. The Hall–Kier alpha value is -6.19. The number of carbonyl (C=O) groups is 5. The Morgan fingerprint density at radius 3 is 2.45 bits per heavy atom. The molecule has 15 heteroatoms. The van der Waals surface area contributed by atoms with Crippen molar-refractivity contribution in [1.82, 2.24) is 25.8 Å². The van der Waals surface area contributed by atoms with Gasteiger partial charge in [0.15, 0.2) is 5.67 Å². The maximum Gasteiger partial charge on any atom is 0.258 e. The number of aromatic nitrogens is 1. The predicted molar refractivity (Wildman–Crippen MR) is 254 cm³/mol. The number of likely N-dealkylation sites (tertiary alicyclic amines) is 1. The molecule has 2 heterocycles. The first kappa shape index (κ1) is 47.8. The van der Waals surface area contributed by atoms with Gasteiger partial charge >= 0.3 is 0 Å². The van der Waals surface area contributed by atoms with Crippen molar-refractivity contribution in [1.29, 1.82) is 0 Å². The van der Waals surface area contributed by atoms with Crippen molar-refractivity contribution in [2.75, 3.05) is 18.5 Å². The molecule has 1 aromatic heterocycles. The number of anilines is 1. The predicted octanol–water partition coefficient (Wildman–Crippen LogP) is 7.87. The summed E-state index contributed by atoms with van der Waals surface area (Å²) in [6, 6.07) is 22.7. The number of halogens is 1. The Balaban J connectivity index is 0.944. The number of carbonyl (C=O) groups excluding carboxylic acids is 5. The molecule has 7 rings (SSSR count). The number of benzene rings is 4. The lowest BCUT2D eigenvalue weighted by molar-refractivity contribution is -0.145. The molecule has 2 fully saturated rings. The average Bonchev–Trinajstić information content (AvgIpc) is 3.69. The number of hydrogen-bond acceptors (Lipinski definition) is 9. The molecule has 0 spiro atoms. The maximum atomic E-state index is 14.6. The van der Waals surface area contributed by atoms with Crippen LogP contribution in [0.2, 0.25) is 0 Å². The molecule has 4 aromatic carbocycles. The van der Waals surface area contributed by atoms with Gasteiger partial charge in [0.05, 0.1) is 34.8 Å². The van der Waals surface area contributed by atoms with E-state index in [4.69, 9.17) is 4.74 Å². The minimum Gasteiger partial charge on any atom is -0.493 e. The van der Waals surface area contributed by atoms with Crippen LogP contribution in [-0.2, 0) is 25.7 Å². The van der Waals surface area contributed by atoms with Crippen molar-refractivity contribution in [2.24, 2.45) is 5.41 Å². The van der Waals surface area contributed by atoms with Crippen molar-refractivity contribution in [3.05, 3.63) is 112 Å². The fraction of sp³-hybridized carbons (Fsp3) is 0.412. The fourth-order valence-electron chi connectivity index (χ4n) is 8.29. The van der Waals surface area contributed by atoms with Gasteiger partial charge in [0.25, 0.3) is 11.8 Å². The number of aryl methyl sites for hydroxylation is 2. The van der Waals surface area contributed by atoms with Gasteiger partial charge in [0.2, 0.25) is 17.7 Å². The van der Waals surface area contributed by atoms with Gasteiger partial charge in [-0.1, -0.05) is 81.4 Å². The Labute approximate surface area is 388 Å². The van der Waals surface area contributed by atoms with Gasteiger partial charge in [-0.2, -0.15) is 0 Å². The molecule has 0 radical (unpaired) electrons. The number of fused-ring (bicyclic) bond motifs is 1. The third-order valence-electron chi connectivity index (χ3n) is 12.3. The van der Waals surface area contributed by atoms with E-state index in [0.29, 0.717) is 35.4 Å². The highest BCUT2D eigenvalue weighted by Crippen LogP contribution is 2.41. The molecule has 1 saturated heterocycles. The van der Waals surface area contributed by atoms with Crippen LogP contribution in [0.4, 0.5) is 10.1 Å². The highest BCUT2D eigenvalue weighted by molar-refractivity contribution is 7.13. The summed E-state index contributed by atoms with van der Waals surface area (Å²) in [6.45, 7) is 11.2. The van der Waals surface area contributed by atoms with Crippen molar-refractivity contribution in [2.45, 2.75) is 117 Å². The summed E-state index contributed by atoms with van der Waals surface area (Å²) in [5.74, 6) is -1.79. The quantitative estimate of drug-likeness (QED) is 0.0585. The van der Waals surface area contributed by atoms with Gasteiger partial charge in [-0.15, -0.1) is 11.3 Å². The second kappa shape index (κ2) is 20.1. The third kappa shape index (κ3) is 11.2. The smallest absolute Gasteiger partial charge is 0.258 e. The SMILES string of the molecule is Cc1ccc(NC(=O)CCCCOc2cc(-c3scnc3C)ccc2CNC(=O)[C@@H]2C[C@@H](O)CN2C(=O)[C@@H](NC(=O)C2(F)CC2)C(C)(C)C)cc1C(=O)N[C@H](C)c1cccc2ccccc12. The van der Waals surface area contributed by atoms with Crippen LogP contribution in [0.1, 0.15) is 105 Å². The molecule has 5 N–H and O–H groups in total. The van der Waals surface area contributed by atoms with Gasteiger partial charge in [0.1, 0.15) is 17.8 Å². The molecular formula is C51H59FN6O7S. The number of amides is 5. The van der Waals surface area contributed by atoms with Crippen molar-refractivity contribution in [3.8, 4) is 16.2 Å². The van der Waals surface area contributed by atoms with Gasteiger partial charge in [0, 0.05) is 42.7 Å². The van der Waals surface area contributed by atoms with Crippen LogP contribution in [0.5, 0.6) is 5.75 Å². The Morgan fingerprint density at radius 2 is 1.73 bits per heavy atom. The maximum absolute atomic E-state index is 14.6. The number of nitrogens with zero attached hydrogens (tertiary/aromatic N) is 2. The number of unbranched alkanes of at least 4 members (excludes halogenated alkanes) is 1. The Kier molecular flexibility index (Phi) is 14.6. The minimum absolute atomic E-state index is 0.00220. The monoisotopic (exact) mass is 918 g/mol. The fourth-order valence-corrected chi connectivity index (χ4v) is 9.09. The zero-order valence-electron chi connectivity index (χ0n) is 38.3. The second-order valence-corrected chi connectivity index (χ2v) is 19.4. The highest BCUT2D eigenvalue weighted by Gasteiger charge is 2.53. The molecule has 1 saturated carbocycles. The number of aliphatic hydroxyl groups excluding tert-OH is 1. The van der Waals surface area contributed by atoms with Crippen molar-refractivity contribution in [3.63, 3.8) is 0 Å². The van der Waals surface area contributed by atoms with E-state index >= 15 is 0 Å². The highest BCUT2D eigenvalue weighted by atomic mass is 32.1. The molecule has 66 heavy (non-hydrogen) atoms. The number of thiazole rings is 1. The normalized spacial score (nSPS) is 17.4. The van der Waals surface area contributed by atoms with E-state index in [0.717, 1.165) is 38.0 Å². The molecule has 5 aromatic rings. The first-order valence-corrected chi connectivity index (χ1v) is 23.4. The lowest BCUT2D eigenvalue weighted by atomic mass is 9.85. The van der Waals surface area contributed by atoms with Gasteiger partial charge in [-0.05, 0) is 97.5 Å². The molecule has 2 aliphatic rings. The van der Waals surface area contributed by atoms with E-state index in [1.807, 2.05) is 87.5 Å². The van der Waals surface area contributed by atoms with Crippen LogP contribution in [0.25, 0.3) is 21.2 Å². The number of β-amino-alcohol motifs (C(OH)–C–C–N with tert-alkyl or cyclic N) is 1. The topological polar surface area (TPSA) is 179 Å². The van der Waals surface area contributed by atoms with E-state index in [9.17, 15) is 33.5 Å². The number of nitrogens with one attached hydrogen (secondary N) is 4. The molecule has 5 amide bonds. The van der Waals surface area contributed by atoms with Crippen LogP contribution in [-0.4, -0.2) is 81.5 Å². The van der Waals surface area contributed by atoms with Crippen LogP contribution in [0.3, 0.4) is 0 Å². The zero-order valence-corrected chi connectivity index (χ0v) is 39.2.